The maximum absolute atomic E-state index is 11.7. The van der Waals surface area contributed by atoms with Crippen molar-refractivity contribution >= 4 is 23.7 Å². The van der Waals surface area contributed by atoms with Crippen molar-refractivity contribution < 1.29 is 9.90 Å². The lowest BCUT2D eigenvalue weighted by molar-refractivity contribution is 0.0955. The van der Waals surface area contributed by atoms with E-state index in [1.165, 1.54) is 6.21 Å². The van der Waals surface area contributed by atoms with Crippen LogP contribution in [-0.2, 0) is 0 Å². The van der Waals surface area contributed by atoms with Crippen molar-refractivity contribution in [1.82, 2.24) is 5.43 Å². The third-order valence-corrected chi connectivity index (χ3v) is 2.59. The molecule has 2 rings (SSSR count). The van der Waals surface area contributed by atoms with Gasteiger partial charge in [0, 0.05) is 10.6 Å². The van der Waals surface area contributed by atoms with E-state index < -0.39 is 0 Å². The number of nitrogens with one attached hydrogen (secondary N) is 1. The fourth-order valence-electron chi connectivity index (χ4n) is 1.42. The van der Waals surface area contributed by atoms with Crippen molar-refractivity contribution in [3.8, 4) is 5.75 Å². The Labute approximate surface area is 115 Å². The number of carbonyl (C=O) groups is 1. The minimum absolute atomic E-state index is 0.181. The van der Waals surface area contributed by atoms with Crippen LogP contribution in [0.4, 0.5) is 0 Å². The average molecular weight is 275 g/mol. The first-order valence-electron chi connectivity index (χ1n) is 5.53. The second-order valence-corrected chi connectivity index (χ2v) is 4.24. The van der Waals surface area contributed by atoms with E-state index in [0.717, 1.165) is 5.56 Å². The quantitative estimate of drug-likeness (QED) is 0.668. The predicted octanol–water partition coefficient (Wildman–Crippen LogP) is 2.81. The van der Waals surface area contributed by atoms with E-state index in [0.29, 0.717) is 10.6 Å². The highest BCUT2D eigenvalue weighted by Gasteiger charge is 2.03. The third kappa shape index (κ3) is 3.82. The van der Waals surface area contributed by atoms with Gasteiger partial charge in [0.05, 0.1) is 6.21 Å². The Morgan fingerprint density at radius 3 is 2.63 bits per heavy atom. The SMILES string of the molecule is O=C(N/N=C/c1ccc(O)cc1)c1cccc(Cl)c1. The number of benzene rings is 2. The Morgan fingerprint density at radius 1 is 1.21 bits per heavy atom. The lowest BCUT2D eigenvalue weighted by Gasteiger charge is -2.00. The number of aromatic hydroxyl groups is 1. The molecule has 0 saturated heterocycles. The van der Waals surface area contributed by atoms with Crippen molar-refractivity contribution in [2.75, 3.05) is 0 Å². The summed E-state index contributed by atoms with van der Waals surface area (Å²) in [6, 6.07) is 13.1. The number of hydrogen-bond acceptors (Lipinski definition) is 3. The number of halogens is 1. The molecule has 0 heterocycles. The molecule has 2 aromatic carbocycles. The molecule has 2 aromatic rings. The number of phenolic OH excluding ortho intramolecular Hbond substituents is 1. The van der Waals surface area contributed by atoms with Gasteiger partial charge in [-0.15, -0.1) is 0 Å². The summed E-state index contributed by atoms with van der Waals surface area (Å²) in [4.78, 5) is 11.7. The van der Waals surface area contributed by atoms with Gasteiger partial charge in [0.15, 0.2) is 0 Å². The Morgan fingerprint density at radius 2 is 1.95 bits per heavy atom. The largest absolute Gasteiger partial charge is 0.508 e. The lowest BCUT2D eigenvalue weighted by Crippen LogP contribution is -2.17. The molecule has 0 aliphatic carbocycles. The zero-order valence-electron chi connectivity index (χ0n) is 9.88. The van der Waals surface area contributed by atoms with Crippen LogP contribution in [0.2, 0.25) is 5.02 Å². The van der Waals surface area contributed by atoms with Crippen LogP contribution < -0.4 is 5.43 Å². The zero-order chi connectivity index (χ0) is 13.7. The lowest BCUT2D eigenvalue weighted by atomic mass is 10.2. The molecule has 0 saturated carbocycles. The molecule has 0 aliphatic heterocycles. The third-order valence-electron chi connectivity index (χ3n) is 2.36. The summed E-state index contributed by atoms with van der Waals surface area (Å²) >= 11 is 5.79. The van der Waals surface area contributed by atoms with Gasteiger partial charge in [-0.1, -0.05) is 17.7 Å². The molecular weight excluding hydrogens is 264 g/mol. The molecule has 1 amide bonds. The highest BCUT2D eigenvalue weighted by Crippen LogP contribution is 2.10. The van der Waals surface area contributed by atoms with E-state index in [2.05, 4.69) is 10.5 Å². The molecule has 19 heavy (non-hydrogen) atoms. The summed E-state index contributed by atoms with van der Waals surface area (Å²) in [5.41, 5.74) is 3.61. The Bertz CT molecular complexity index is 609. The number of amides is 1. The van der Waals surface area contributed by atoms with Gasteiger partial charge in [0.25, 0.3) is 5.91 Å². The number of phenols is 1. The fraction of sp³-hybridized carbons (Fsp3) is 0. The standard InChI is InChI=1S/C14H11ClN2O2/c15-12-3-1-2-11(8-12)14(19)17-16-9-10-4-6-13(18)7-5-10/h1-9,18H,(H,17,19)/b16-9+. The molecule has 0 unspecified atom stereocenters. The first-order chi connectivity index (χ1) is 9.15. The predicted molar refractivity (Wildman–Crippen MR) is 74.6 cm³/mol. The number of carbonyl (C=O) groups excluding carboxylic acids is 1. The van der Waals surface area contributed by atoms with Crippen LogP contribution in [0.3, 0.4) is 0 Å². The normalized spacial score (nSPS) is 10.6. The minimum Gasteiger partial charge on any atom is -0.508 e. The monoisotopic (exact) mass is 274 g/mol. The van der Waals surface area contributed by atoms with E-state index >= 15 is 0 Å². The smallest absolute Gasteiger partial charge is 0.271 e. The van der Waals surface area contributed by atoms with Crippen molar-refractivity contribution in [2.24, 2.45) is 5.10 Å². The van der Waals surface area contributed by atoms with Gasteiger partial charge in [-0.3, -0.25) is 4.79 Å². The second-order valence-electron chi connectivity index (χ2n) is 3.80. The maximum atomic E-state index is 11.7. The average Bonchev–Trinajstić information content (AvgIpc) is 2.41. The molecule has 5 heteroatoms. The van der Waals surface area contributed by atoms with Gasteiger partial charge in [0.2, 0.25) is 0 Å². The fourth-order valence-corrected chi connectivity index (χ4v) is 1.61. The maximum Gasteiger partial charge on any atom is 0.271 e. The first kappa shape index (κ1) is 13.1. The number of rotatable bonds is 3. The molecule has 0 aromatic heterocycles. The summed E-state index contributed by atoms with van der Waals surface area (Å²) in [5, 5.41) is 13.4. The van der Waals surface area contributed by atoms with Gasteiger partial charge in [0.1, 0.15) is 5.75 Å². The molecule has 0 spiro atoms. The van der Waals surface area contributed by atoms with Gasteiger partial charge in [-0.2, -0.15) is 5.10 Å². The summed E-state index contributed by atoms with van der Waals surface area (Å²) < 4.78 is 0. The Balaban J connectivity index is 1.98. The molecule has 4 nitrogen and oxygen atoms in total. The van der Waals surface area contributed by atoms with Crippen molar-refractivity contribution in [3.63, 3.8) is 0 Å². The number of hydrazone groups is 1. The molecule has 0 bridgehead atoms. The van der Waals surface area contributed by atoms with E-state index in [1.807, 2.05) is 0 Å². The molecule has 96 valence electrons. The highest BCUT2D eigenvalue weighted by atomic mass is 35.5. The summed E-state index contributed by atoms with van der Waals surface area (Å²) in [5.74, 6) is -0.155. The second kappa shape index (κ2) is 6.02. The first-order valence-corrected chi connectivity index (χ1v) is 5.91. The van der Waals surface area contributed by atoms with Crippen molar-refractivity contribution in [1.29, 1.82) is 0 Å². The zero-order valence-corrected chi connectivity index (χ0v) is 10.6. The Hall–Kier alpha value is -2.33. The van der Waals surface area contributed by atoms with Gasteiger partial charge in [-0.25, -0.2) is 5.43 Å². The van der Waals surface area contributed by atoms with E-state index in [-0.39, 0.29) is 11.7 Å². The van der Waals surface area contributed by atoms with Crippen molar-refractivity contribution in [2.45, 2.75) is 0 Å². The van der Waals surface area contributed by atoms with Crippen LogP contribution in [0.15, 0.2) is 53.6 Å². The topological polar surface area (TPSA) is 61.7 Å². The van der Waals surface area contributed by atoms with Gasteiger partial charge < -0.3 is 5.11 Å². The number of hydrogen-bond donors (Lipinski definition) is 2. The van der Waals surface area contributed by atoms with Crippen LogP contribution in [-0.4, -0.2) is 17.2 Å². The van der Waals surface area contributed by atoms with Gasteiger partial charge >= 0.3 is 0 Å². The van der Waals surface area contributed by atoms with Gasteiger partial charge in [-0.05, 0) is 48.0 Å². The van der Waals surface area contributed by atoms with Crippen LogP contribution >= 0.6 is 11.6 Å². The van der Waals surface area contributed by atoms with E-state index in [1.54, 1.807) is 48.5 Å². The van der Waals surface area contributed by atoms with E-state index in [4.69, 9.17) is 16.7 Å². The number of nitrogens with zero attached hydrogens (tertiary/aromatic N) is 1. The summed E-state index contributed by atoms with van der Waals surface area (Å²) in [6.07, 6.45) is 1.49. The van der Waals surface area contributed by atoms with Crippen molar-refractivity contribution in [3.05, 3.63) is 64.7 Å². The Kier molecular flexibility index (Phi) is 4.15. The minimum atomic E-state index is -0.336. The summed E-state index contributed by atoms with van der Waals surface area (Å²) in [7, 11) is 0. The molecule has 2 N–H and O–H groups in total. The summed E-state index contributed by atoms with van der Waals surface area (Å²) in [6.45, 7) is 0. The molecule has 0 radical (unpaired) electrons. The van der Waals surface area contributed by atoms with Crippen LogP contribution in [0.5, 0.6) is 5.75 Å². The highest BCUT2D eigenvalue weighted by molar-refractivity contribution is 6.30. The van der Waals surface area contributed by atoms with Crippen LogP contribution in [0, 0.1) is 0 Å². The molecule has 0 aliphatic rings. The molecular formula is C14H11ClN2O2. The molecule has 0 atom stereocenters. The van der Waals surface area contributed by atoms with Crippen LogP contribution in [0.25, 0.3) is 0 Å². The van der Waals surface area contributed by atoms with E-state index in [9.17, 15) is 4.79 Å². The molecule has 0 fully saturated rings. The van der Waals surface area contributed by atoms with Crippen LogP contribution in [0.1, 0.15) is 15.9 Å².